The van der Waals surface area contributed by atoms with Gasteiger partial charge in [0.1, 0.15) is 0 Å². The first-order valence-electron chi connectivity index (χ1n) is 5.44. The number of hydrogen-bond donors (Lipinski definition) is 1. The molecule has 1 unspecified atom stereocenters. The molecule has 2 aromatic rings. The van der Waals surface area contributed by atoms with Gasteiger partial charge in [-0.3, -0.25) is 0 Å². The van der Waals surface area contributed by atoms with Crippen LogP contribution >= 0.6 is 45.8 Å². The van der Waals surface area contributed by atoms with Crippen molar-refractivity contribution in [2.75, 3.05) is 0 Å². The van der Waals surface area contributed by atoms with E-state index in [4.69, 9.17) is 23.2 Å². The first-order valence-corrected chi connectivity index (χ1v) is 7.27. The number of hydrogen-bond acceptors (Lipinski definition) is 1. The average Bonchev–Trinajstić information content (AvgIpc) is 2.32. The second kappa shape index (κ2) is 6.24. The van der Waals surface area contributed by atoms with E-state index < -0.39 is 6.10 Å². The standard InChI is InChI=1S/C14H11Cl2IO/c15-10-3-1-2-9(6-10)7-14(18)12-8-11(16)4-5-13(12)17/h1-6,8,14,18H,7H2. The molecule has 2 rings (SSSR count). The molecule has 0 aliphatic heterocycles. The first kappa shape index (κ1) is 14.1. The van der Waals surface area contributed by atoms with Crippen LogP contribution in [0.25, 0.3) is 0 Å². The van der Waals surface area contributed by atoms with Gasteiger partial charge in [-0.1, -0.05) is 35.3 Å². The van der Waals surface area contributed by atoms with Crippen molar-refractivity contribution in [2.45, 2.75) is 12.5 Å². The Bertz CT molecular complexity index is 557. The molecule has 0 aliphatic carbocycles. The van der Waals surface area contributed by atoms with Crippen LogP contribution in [-0.2, 0) is 6.42 Å². The highest BCUT2D eigenvalue weighted by molar-refractivity contribution is 14.1. The summed E-state index contributed by atoms with van der Waals surface area (Å²) in [6, 6.07) is 13.0. The summed E-state index contributed by atoms with van der Waals surface area (Å²) in [6.07, 6.45) is -0.0502. The van der Waals surface area contributed by atoms with Crippen LogP contribution in [0.5, 0.6) is 0 Å². The molecule has 2 aromatic carbocycles. The Hall–Kier alpha value is -0.290. The summed E-state index contributed by atoms with van der Waals surface area (Å²) in [5.74, 6) is 0. The van der Waals surface area contributed by atoms with Crippen LogP contribution in [0, 0.1) is 3.57 Å². The Kier molecular flexibility index (Phi) is 4.90. The maximum Gasteiger partial charge on any atom is 0.0841 e. The van der Waals surface area contributed by atoms with Gasteiger partial charge in [0.2, 0.25) is 0 Å². The minimum absolute atomic E-state index is 0.525. The van der Waals surface area contributed by atoms with Crippen molar-refractivity contribution in [1.29, 1.82) is 0 Å². The summed E-state index contributed by atoms with van der Waals surface area (Å²) in [5.41, 5.74) is 1.86. The van der Waals surface area contributed by atoms with Crippen LogP contribution in [-0.4, -0.2) is 5.11 Å². The van der Waals surface area contributed by atoms with Gasteiger partial charge in [-0.25, -0.2) is 0 Å². The van der Waals surface area contributed by atoms with Crippen LogP contribution in [0.15, 0.2) is 42.5 Å². The molecule has 1 N–H and O–H groups in total. The summed E-state index contributed by atoms with van der Waals surface area (Å²) >= 11 is 14.1. The molecule has 0 amide bonds. The monoisotopic (exact) mass is 392 g/mol. The Balaban J connectivity index is 2.21. The lowest BCUT2D eigenvalue weighted by molar-refractivity contribution is 0.177. The van der Waals surface area contributed by atoms with Crippen molar-refractivity contribution in [2.24, 2.45) is 0 Å². The highest BCUT2D eigenvalue weighted by Gasteiger charge is 2.12. The Morgan fingerprint density at radius 1 is 1.06 bits per heavy atom. The number of halogens is 3. The van der Waals surface area contributed by atoms with Crippen LogP contribution in [0.2, 0.25) is 10.0 Å². The zero-order valence-electron chi connectivity index (χ0n) is 9.41. The molecule has 0 heterocycles. The van der Waals surface area contributed by atoms with Gasteiger partial charge in [-0.2, -0.15) is 0 Å². The van der Waals surface area contributed by atoms with Crippen LogP contribution in [0.4, 0.5) is 0 Å². The van der Waals surface area contributed by atoms with Crippen LogP contribution < -0.4 is 0 Å². The van der Waals surface area contributed by atoms with Crippen LogP contribution in [0.3, 0.4) is 0 Å². The summed E-state index contributed by atoms with van der Waals surface area (Å²) in [4.78, 5) is 0. The molecule has 0 saturated carbocycles. The molecule has 1 nitrogen and oxygen atoms in total. The molecule has 1 atom stereocenters. The fraction of sp³-hybridized carbons (Fsp3) is 0.143. The molecule has 0 saturated heterocycles. The van der Waals surface area contributed by atoms with E-state index >= 15 is 0 Å². The van der Waals surface area contributed by atoms with Gasteiger partial charge < -0.3 is 5.11 Å². The van der Waals surface area contributed by atoms with Crippen LogP contribution in [0.1, 0.15) is 17.2 Å². The van der Waals surface area contributed by atoms with Gasteiger partial charge in [-0.05, 0) is 64.0 Å². The fourth-order valence-electron chi connectivity index (χ4n) is 1.77. The first-order chi connectivity index (χ1) is 8.56. The molecule has 0 spiro atoms. The lowest BCUT2D eigenvalue weighted by Gasteiger charge is -2.13. The average molecular weight is 393 g/mol. The number of aliphatic hydroxyl groups is 1. The second-order valence-electron chi connectivity index (χ2n) is 4.02. The van der Waals surface area contributed by atoms with E-state index in [1.165, 1.54) is 0 Å². The second-order valence-corrected chi connectivity index (χ2v) is 6.05. The molecule has 0 aliphatic rings. The SMILES string of the molecule is OC(Cc1cccc(Cl)c1)c1cc(Cl)ccc1I. The van der Waals surface area contributed by atoms with Crippen molar-refractivity contribution < 1.29 is 5.11 Å². The third-order valence-electron chi connectivity index (χ3n) is 2.64. The molecule has 4 heteroatoms. The summed E-state index contributed by atoms with van der Waals surface area (Å²) < 4.78 is 1.01. The van der Waals surface area contributed by atoms with E-state index in [-0.39, 0.29) is 0 Å². The Morgan fingerprint density at radius 2 is 1.78 bits per heavy atom. The van der Waals surface area contributed by atoms with E-state index in [0.717, 1.165) is 14.7 Å². The van der Waals surface area contributed by atoms with Gasteiger partial charge in [0, 0.05) is 20.0 Å². The third kappa shape index (κ3) is 3.60. The summed E-state index contributed by atoms with van der Waals surface area (Å²) in [7, 11) is 0. The minimum atomic E-state index is -0.575. The normalized spacial score (nSPS) is 12.4. The van der Waals surface area contributed by atoms with Gasteiger partial charge in [-0.15, -0.1) is 0 Å². The van der Waals surface area contributed by atoms with Crippen molar-refractivity contribution in [1.82, 2.24) is 0 Å². The quantitative estimate of drug-likeness (QED) is 0.738. The summed E-state index contributed by atoms with van der Waals surface area (Å²) in [6.45, 7) is 0. The zero-order chi connectivity index (χ0) is 13.1. The zero-order valence-corrected chi connectivity index (χ0v) is 13.1. The lowest BCUT2D eigenvalue weighted by atomic mass is 10.0. The third-order valence-corrected chi connectivity index (χ3v) is 4.09. The smallest absolute Gasteiger partial charge is 0.0841 e. The maximum absolute atomic E-state index is 10.3. The van der Waals surface area contributed by atoms with Gasteiger partial charge in [0.25, 0.3) is 0 Å². The molecule has 0 fully saturated rings. The number of aliphatic hydroxyl groups excluding tert-OH is 1. The highest BCUT2D eigenvalue weighted by Crippen LogP contribution is 2.26. The summed E-state index contributed by atoms with van der Waals surface area (Å²) in [5, 5.41) is 11.6. The Labute approximate surface area is 130 Å². The molecule has 94 valence electrons. The maximum atomic E-state index is 10.3. The van der Waals surface area contributed by atoms with Gasteiger partial charge >= 0.3 is 0 Å². The minimum Gasteiger partial charge on any atom is -0.388 e. The molecule has 0 radical (unpaired) electrons. The lowest BCUT2D eigenvalue weighted by Crippen LogP contribution is -2.04. The molecular weight excluding hydrogens is 382 g/mol. The number of benzene rings is 2. The largest absolute Gasteiger partial charge is 0.388 e. The topological polar surface area (TPSA) is 20.2 Å². The van der Waals surface area contributed by atoms with Crippen molar-refractivity contribution in [3.8, 4) is 0 Å². The van der Waals surface area contributed by atoms with Gasteiger partial charge in [0.05, 0.1) is 6.10 Å². The Morgan fingerprint density at radius 3 is 2.50 bits per heavy atom. The molecule has 0 bridgehead atoms. The highest BCUT2D eigenvalue weighted by atomic mass is 127. The number of rotatable bonds is 3. The molecule has 0 aromatic heterocycles. The predicted octanol–water partition coefficient (Wildman–Crippen LogP) is 4.87. The molecule has 18 heavy (non-hydrogen) atoms. The van der Waals surface area contributed by atoms with E-state index in [2.05, 4.69) is 22.6 Å². The van der Waals surface area contributed by atoms with E-state index in [1.807, 2.05) is 36.4 Å². The fourth-order valence-corrected chi connectivity index (χ4v) is 2.86. The van der Waals surface area contributed by atoms with Gasteiger partial charge in [0.15, 0.2) is 0 Å². The molecular formula is C14H11Cl2IO. The van der Waals surface area contributed by atoms with Crippen molar-refractivity contribution >= 4 is 45.8 Å². The van der Waals surface area contributed by atoms with Crippen molar-refractivity contribution in [3.05, 3.63) is 67.2 Å². The van der Waals surface area contributed by atoms with E-state index in [1.54, 1.807) is 6.07 Å². The van der Waals surface area contributed by atoms with Crippen molar-refractivity contribution in [3.63, 3.8) is 0 Å². The predicted molar refractivity (Wildman–Crippen MR) is 84.3 cm³/mol. The van der Waals surface area contributed by atoms with E-state index in [9.17, 15) is 5.11 Å². The van der Waals surface area contributed by atoms with E-state index in [0.29, 0.717) is 16.5 Å².